The number of oxime groups is 1. The fourth-order valence-corrected chi connectivity index (χ4v) is 1.60. The lowest BCUT2D eigenvalue weighted by atomic mass is 10.0. The molecule has 0 fully saturated rings. The van der Waals surface area contributed by atoms with Crippen LogP contribution >= 0.6 is 0 Å². The van der Waals surface area contributed by atoms with E-state index in [9.17, 15) is 4.79 Å². The first-order chi connectivity index (χ1) is 7.70. The number of benzene rings is 1. The highest BCUT2D eigenvalue weighted by molar-refractivity contribution is 6.04. The van der Waals surface area contributed by atoms with Crippen LogP contribution in [0.3, 0.4) is 0 Å². The summed E-state index contributed by atoms with van der Waals surface area (Å²) in [6.45, 7) is 1.81. The molecule has 1 N–H and O–H groups in total. The average molecular weight is 219 g/mol. The molecule has 2 rings (SSSR count). The number of hydrogen-bond acceptors (Lipinski definition) is 4. The van der Waals surface area contributed by atoms with Gasteiger partial charge in [-0.2, -0.15) is 0 Å². The predicted molar refractivity (Wildman–Crippen MR) is 59.4 cm³/mol. The first kappa shape index (κ1) is 10.7. The van der Waals surface area contributed by atoms with E-state index in [0.29, 0.717) is 12.8 Å². The molecule has 4 heteroatoms. The van der Waals surface area contributed by atoms with Gasteiger partial charge < -0.3 is 9.94 Å². The molecule has 0 saturated carbocycles. The normalized spacial score (nSPS) is 19.1. The molecule has 1 aliphatic heterocycles. The van der Waals surface area contributed by atoms with Crippen molar-refractivity contribution in [2.24, 2.45) is 5.16 Å². The van der Waals surface area contributed by atoms with Crippen LogP contribution in [0, 0.1) is 0 Å². The van der Waals surface area contributed by atoms with Gasteiger partial charge in [-0.3, -0.25) is 4.79 Å². The van der Waals surface area contributed by atoms with E-state index in [2.05, 4.69) is 5.16 Å². The molecule has 0 saturated heterocycles. The number of carbonyl (C=O) groups excluding carboxylic acids is 1. The van der Waals surface area contributed by atoms with Gasteiger partial charge in [0.25, 0.3) is 0 Å². The smallest absolute Gasteiger partial charge is 0.190 e. The van der Waals surface area contributed by atoms with E-state index in [1.165, 1.54) is 0 Å². The Bertz CT molecular complexity index is 422. The first-order valence-electron chi connectivity index (χ1n) is 5.25. The van der Waals surface area contributed by atoms with E-state index >= 15 is 0 Å². The minimum Gasteiger partial charge on any atom is -0.508 e. The summed E-state index contributed by atoms with van der Waals surface area (Å²) in [7, 11) is 0. The van der Waals surface area contributed by atoms with Crippen LogP contribution in [0.5, 0.6) is 5.75 Å². The SMILES string of the molecule is CCC(=O)C1CC(c2ccc(O)cc2)=NO1. The Balaban J connectivity index is 2.08. The van der Waals surface area contributed by atoms with Crippen molar-refractivity contribution in [3.63, 3.8) is 0 Å². The summed E-state index contributed by atoms with van der Waals surface area (Å²) < 4.78 is 0. The highest BCUT2D eigenvalue weighted by Gasteiger charge is 2.27. The predicted octanol–water partition coefficient (Wildman–Crippen LogP) is 1.86. The Morgan fingerprint density at radius 2 is 2.19 bits per heavy atom. The molecule has 1 aliphatic rings. The van der Waals surface area contributed by atoms with Gasteiger partial charge in [0.15, 0.2) is 11.9 Å². The van der Waals surface area contributed by atoms with E-state index in [1.807, 2.05) is 6.92 Å². The van der Waals surface area contributed by atoms with E-state index in [-0.39, 0.29) is 11.5 Å². The van der Waals surface area contributed by atoms with Crippen molar-refractivity contribution >= 4 is 11.5 Å². The molecule has 0 radical (unpaired) electrons. The molecular formula is C12H13NO3. The van der Waals surface area contributed by atoms with Gasteiger partial charge in [0.1, 0.15) is 5.75 Å². The van der Waals surface area contributed by atoms with Gasteiger partial charge in [0.05, 0.1) is 5.71 Å². The van der Waals surface area contributed by atoms with Crippen LogP contribution in [0.2, 0.25) is 0 Å². The molecule has 84 valence electrons. The number of rotatable bonds is 3. The lowest BCUT2D eigenvalue weighted by Crippen LogP contribution is -2.19. The average Bonchev–Trinajstić information content (AvgIpc) is 2.78. The summed E-state index contributed by atoms with van der Waals surface area (Å²) in [5.41, 5.74) is 1.64. The standard InChI is InChI=1S/C12H13NO3/c1-2-11(15)12-7-10(13-16-12)8-3-5-9(14)6-4-8/h3-6,12,14H,2,7H2,1H3. The Morgan fingerprint density at radius 3 is 2.81 bits per heavy atom. The lowest BCUT2D eigenvalue weighted by molar-refractivity contribution is -0.128. The lowest BCUT2D eigenvalue weighted by Gasteiger charge is -2.03. The van der Waals surface area contributed by atoms with Crippen molar-refractivity contribution in [3.05, 3.63) is 29.8 Å². The molecule has 1 atom stereocenters. The van der Waals surface area contributed by atoms with E-state index in [4.69, 9.17) is 9.94 Å². The van der Waals surface area contributed by atoms with Crippen LogP contribution < -0.4 is 0 Å². The minimum atomic E-state index is -0.436. The van der Waals surface area contributed by atoms with Gasteiger partial charge in [-0.1, -0.05) is 12.1 Å². The second-order valence-corrected chi connectivity index (χ2v) is 3.70. The minimum absolute atomic E-state index is 0.0672. The van der Waals surface area contributed by atoms with Gasteiger partial charge >= 0.3 is 0 Å². The second-order valence-electron chi connectivity index (χ2n) is 3.70. The van der Waals surface area contributed by atoms with Crippen LogP contribution in [0.15, 0.2) is 29.4 Å². The monoisotopic (exact) mass is 219 g/mol. The summed E-state index contributed by atoms with van der Waals surface area (Å²) in [6.07, 6.45) is 0.536. The Kier molecular flexibility index (Phi) is 2.90. The molecule has 0 aliphatic carbocycles. The number of carbonyl (C=O) groups is 1. The van der Waals surface area contributed by atoms with Crippen molar-refractivity contribution in [3.8, 4) is 5.75 Å². The topological polar surface area (TPSA) is 58.9 Å². The summed E-state index contributed by atoms with van der Waals surface area (Å²) in [5.74, 6) is 0.280. The van der Waals surface area contributed by atoms with Crippen molar-refractivity contribution < 1.29 is 14.7 Å². The molecule has 1 heterocycles. The highest BCUT2D eigenvalue weighted by atomic mass is 16.6. The molecule has 1 aromatic carbocycles. The molecule has 1 unspecified atom stereocenters. The molecule has 0 spiro atoms. The number of nitrogens with zero attached hydrogens (tertiary/aromatic N) is 1. The molecular weight excluding hydrogens is 206 g/mol. The molecule has 1 aromatic rings. The molecule has 0 amide bonds. The zero-order chi connectivity index (χ0) is 11.5. The summed E-state index contributed by atoms with van der Waals surface area (Å²) >= 11 is 0. The molecule has 16 heavy (non-hydrogen) atoms. The number of phenols is 1. The second kappa shape index (κ2) is 4.35. The maximum Gasteiger partial charge on any atom is 0.190 e. The number of Topliss-reactive ketones (excluding diaryl/α,β-unsaturated/α-hetero) is 1. The third-order valence-electron chi connectivity index (χ3n) is 2.58. The fourth-order valence-electron chi connectivity index (χ4n) is 1.60. The maximum atomic E-state index is 11.4. The van der Waals surface area contributed by atoms with Gasteiger partial charge in [-0.05, 0) is 29.8 Å². The van der Waals surface area contributed by atoms with E-state index < -0.39 is 6.10 Å². The van der Waals surface area contributed by atoms with Crippen LogP contribution in [0.4, 0.5) is 0 Å². The van der Waals surface area contributed by atoms with Crippen LogP contribution in [-0.4, -0.2) is 22.7 Å². The zero-order valence-electron chi connectivity index (χ0n) is 9.01. The Hall–Kier alpha value is -1.84. The van der Waals surface area contributed by atoms with Crippen molar-refractivity contribution in [2.45, 2.75) is 25.9 Å². The largest absolute Gasteiger partial charge is 0.508 e. The van der Waals surface area contributed by atoms with Gasteiger partial charge in [-0.25, -0.2) is 0 Å². The van der Waals surface area contributed by atoms with Crippen LogP contribution in [-0.2, 0) is 9.63 Å². The van der Waals surface area contributed by atoms with E-state index in [0.717, 1.165) is 11.3 Å². The van der Waals surface area contributed by atoms with Crippen LogP contribution in [0.1, 0.15) is 25.3 Å². The maximum absolute atomic E-state index is 11.4. The first-order valence-corrected chi connectivity index (χ1v) is 5.25. The number of phenolic OH excluding ortho intramolecular Hbond substituents is 1. The Morgan fingerprint density at radius 1 is 1.50 bits per heavy atom. The van der Waals surface area contributed by atoms with Gasteiger partial charge in [0.2, 0.25) is 0 Å². The third-order valence-corrected chi connectivity index (χ3v) is 2.58. The summed E-state index contributed by atoms with van der Waals surface area (Å²) in [4.78, 5) is 16.5. The molecule has 0 bridgehead atoms. The van der Waals surface area contributed by atoms with Gasteiger partial charge in [-0.15, -0.1) is 0 Å². The number of aromatic hydroxyl groups is 1. The van der Waals surface area contributed by atoms with E-state index in [1.54, 1.807) is 24.3 Å². The fraction of sp³-hybridized carbons (Fsp3) is 0.333. The number of ketones is 1. The highest BCUT2D eigenvalue weighted by Crippen LogP contribution is 2.19. The van der Waals surface area contributed by atoms with Crippen LogP contribution in [0.25, 0.3) is 0 Å². The summed E-state index contributed by atoms with van der Waals surface area (Å²) in [5, 5.41) is 13.1. The number of hydrogen-bond donors (Lipinski definition) is 1. The van der Waals surface area contributed by atoms with Crippen molar-refractivity contribution in [1.82, 2.24) is 0 Å². The molecule has 0 aromatic heterocycles. The zero-order valence-corrected chi connectivity index (χ0v) is 9.01. The summed E-state index contributed by atoms with van der Waals surface area (Å²) in [6, 6.07) is 6.70. The van der Waals surface area contributed by atoms with Crippen molar-refractivity contribution in [1.29, 1.82) is 0 Å². The van der Waals surface area contributed by atoms with Crippen molar-refractivity contribution in [2.75, 3.05) is 0 Å². The quantitative estimate of drug-likeness (QED) is 0.844. The molecule has 4 nitrogen and oxygen atoms in total. The van der Waals surface area contributed by atoms with Gasteiger partial charge in [0, 0.05) is 12.8 Å². The third kappa shape index (κ3) is 2.05. The Labute approximate surface area is 93.5 Å².